The molecule has 3 aromatic carbocycles. The molecule has 6 heteroatoms. The van der Waals surface area contributed by atoms with Crippen molar-refractivity contribution < 1.29 is 14.0 Å². The number of carbonyl (C=O) groups is 2. The van der Waals surface area contributed by atoms with Crippen LogP contribution in [0.25, 0.3) is 10.8 Å². The number of nitrogens with zero attached hydrogens (tertiary/aromatic N) is 2. The second-order valence-corrected chi connectivity index (χ2v) is 8.43. The lowest BCUT2D eigenvalue weighted by atomic mass is 9.93. The Bertz CT molecular complexity index is 1410. The molecule has 4 aromatic rings. The van der Waals surface area contributed by atoms with Crippen LogP contribution in [0.4, 0.5) is 5.69 Å². The van der Waals surface area contributed by atoms with Crippen LogP contribution in [0.1, 0.15) is 50.6 Å². The van der Waals surface area contributed by atoms with Gasteiger partial charge in [0.15, 0.2) is 5.76 Å². The molecule has 1 aromatic heterocycles. The topological polar surface area (TPSA) is 74.9 Å². The molecule has 6 nitrogen and oxygen atoms in total. The summed E-state index contributed by atoms with van der Waals surface area (Å²) in [4.78, 5) is 27.7. The van der Waals surface area contributed by atoms with Gasteiger partial charge in [0, 0.05) is 35.8 Å². The fourth-order valence-electron chi connectivity index (χ4n) is 4.51. The molecule has 0 spiro atoms. The second-order valence-electron chi connectivity index (χ2n) is 8.43. The zero-order chi connectivity index (χ0) is 23.7. The van der Waals surface area contributed by atoms with Crippen LogP contribution in [0.2, 0.25) is 0 Å². The van der Waals surface area contributed by atoms with Gasteiger partial charge in [-0.15, -0.1) is 0 Å². The van der Waals surface area contributed by atoms with Gasteiger partial charge >= 0.3 is 0 Å². The summed E-state index contributed by atoms with van der Waals surface area (Å²) in [5, 5.41) is 6.35. The molecular weight excluding hydrogens is 426 g/mol. The molecular formula is C28H25N3O3. The smallest absolute Gasteiger partial charge is 0.294 e. The number of benzene rings is 3. The number of hydrazone groups is 1. The summed E-state index contributed by atoms with van der Waals surface area (Å²) >= 11 is 0. The number of amides is 2. The fourth-order valence-corrected chi connectivity index (χ4v) is 4.51. The summed E-state index contributed by atoms with van der Waals surface area (Å²) in [6.45, 7) is 1.88. The molecule has 0 saturated carbocycles. The van der Waals surface area contributed by atoms with E-state index < -0.39 is 0 Å². The molecule has 1 N–H and O–H groups in total. The van der Waals surface area contributed by atoms with Crippen molar-refractivity contribution in [1.29, 1.82) is 0 Å². The average molecular weight is 452 g/mol. The Balaban J connectivity index is 1.43. The Morgan fingerprint density at radius 3 is 2.50 bits per heavy atom. The van der Waals surface area contributed by atoms with Crippen molar-refractivity contribution in [3.05, 3.63) is 101 Å². The van der Waals surface area contributed by atoms with Crippen molar-refractivity contribution in [2.75, 3.05) is 11.9 Å². The lowest BCUT2D eigenvalue weighted by Gasteiger charge is -2.16. The SMILES string of the molecule is Cc1c(C(=O)N(C)c2ccccc2)oc2c1/C(=N/NC(=O)c1cccc3ccccc13)CCC2. The summed E-state index contributed by atoms with van der Waals surface area (Å²) in [7, 11) is 1.73. The van der Waals surface area contributed by atoms with Crippen molar-refractivity contribution in [3.63, 3.8) is 0 Å². The summed E-state index contributed by atoms with van der Waals surface area (Å²) in [6.07, 6.45) is 2.27. The van der Waals surface area contributed by atoms with Crippen molar-refractivity contribution in [2.24, 2.45) is 5.10 Å². The quantitative estimate of drug-likeness (QED) is 0.417. The number of aryl methyl sites for hydroxylation is 1. The summed E-state index contributed by atoms with van der Waals surface area (Å²) < 4.78 is 6.04. The van der Waals surface area contributed by atoms with Crippen LogP contribution in [-0.4, -0.2) is 24.6 Å². The molecule has 1 aliphatic rings. The Morgan fingerprint density at radius 2 is 1.68 bits per heavy atom. The number of para-hydroxylation sites is 1. The van der Waals surface area contributed by atoms with Gasteiger partial charge in [-0.2, -0.15) is 5.10 Å². The minimum absolute atomic E-state index is 0.211. The molecule has 2 amide bonds. The normalized spacial score (nSPS) is 14.1. The maximum absolute atomic E-state index is 13.2. The van der Waals surface area contributed by atoms with Gasteiger partial charge in [0.2, 0.25) is 0 Å². The number of rotatable bonds is 4. The van der Waals surface area contributed by atoms with Gasteiger partial charge in [-0.3, -0.25) is 9.59 Å². The molecule has 1 heterocycles. The lowest BCUT2D eigenvalue weighted by Crippen LogP contribution is -2.26. The highest BCUT2D eigenvalue weighted by Gasteiger charge is 2.29. The molecule has 0 aliphatic heterocycles. The van der Waals surface area contributed by atoms with Crippen molar-refractivity contribution in [2.45, 2.75) is 26.2 Å². The Hall–Kier alpha value is -4.19. The van der Waals surface area contributed by atoms with E-state index in [0.29, 0.717) is 17.7 Å². The number of fused-ring (bicyclic) bond motifs is 2. The summed E-state index contributed by atoms with van der Waals surface area (Å²) in [5.41, 5.74) is 6.40. The van der Waals surface area contributed by atoms with Crippen LogP contribution in [-0.2, 0) is 6.42 Å². The third kappa shape index (κ3) is 3.88. The first-order valence-electron chi connectivity index (χ1n) is 11.3. The Morgan fingerprint density at radius 1 is 0.941 bits per heavy atom. The highest BCUT2D eigenvalue weighted by molar-refractivity contribution is 6.11. The minimum Gasteiger partial charge on any atom is -0.455 e. The van der Waals surface area contributed by atoms with E-state index >= 15 is 0 Å². The number of hydrogen-bond acceptors (Lipinski definition) is 4. The maximum Gasteiger partial charge on any atom is 0.294 e. The summed E-state index contributed by atoms with van der Waals surface area (Å²) in [6, 6.07) is 22.9. The molecule has 0 fully saturated rings. The number of anilines is 1. The largest absolute Gasteiger partial charge is 0.455 e. The van der Waals surface area contributed by atoms with Crippen LogP contribution in [0, 0.1) is 6.92 Å². The van der Waals surface area contributed by atoms with E-state index in [0.717, 1.165) is 51.9 Å². The van der Waals surface area contributed by atoms with Crippen molar-refractivity contribution >= 4 is 34.0 Å². The molecule has 0 saturated heterocycles. The number of nitrogens with one attached hydrogen (secondary N) is 1. The molecule has 0 atom stereocenters. The molecule has 34 heavy (non-hydrogen) atoms. The van der Waals surface area contributed by atoms with Gasteiger partial charge in [-0.25, -0.2) is 5.43 Å². The van der Waals surface area contributed by atoms with Crippen molar-refractivity contribution in [3.8, 4) is 0 Å². The van der Waals surface area contributed by atoms with Gasteiger partial charge in [0.1, 0.15) is 5.76 Å². The number of hydrogen-bond donors (Lipinski definition) is 1. The first-order chi connectivity index (χ1) is 16.5. The molecule has 5 rings (SSSR count). The van der Waals surface area contributed by atoms with E-state index in [1.54, 1.807) is 18.0 Å². The lowest BCUT2D eigenvalue weighted by molar-refractivity contribution is 0.0952. The van der Waals surface area contributed by atoms with E-state index in [1.807, 2.05) is 73.7 Å². The Labute approximate surface area is 197 Å². The maximum atomic E-state index is 13.2. The third-order valence-electron chi connectivity index (χ3n) is 6.29. The zero-order valence-corrected chi connectivity index (χ0v) is 19.2. The van der Waals surface area contributed by atoms with Crippen LogP contribution < -0.4 is 10.3 Å². The molecule has 1 aliphatic carbocycles. The van der Waals surface area contributed by atoms with E-state index in [9.17, 15) is 9.59 Å². The number of carbonyl (C=O) groups excluding carboxylic acids is 2. The standard InChI is InChI=1S/C28H25N3O3/c1-18-25-23(29-30-27(32)22-15-8-11-19-10-6-7-14-21(19)22)16-9-17-24(25)34-26(18)28(33)31(2)20-12-4-3-5-13-20/h3-8,10-15H,9,16-17H2,1-2H3,(H,30,32)/b29-23+. The van der Waals surface area contributed by atoms with E-state index in [-0.39, 0.29) is 11.8 Å². The summed E-state index contributed by atoms with van der Waals surface area (Å²) in [5.74, 6) is 0.577. The molecule has 0 bridgehead atoms. The van der Waals surface area contributed by atoms with E-state index in [2.05, 4.69) is 10.5 Å². The minimum atomic E-state index is -0.266. The van der Waals surface area contributed by atoms with Crippen LogP contribution in [0.15, 0.2) is 82.3 Å². The van der Waals surface area contributed by atoms with E-state index in [4.69, 9.17) is 4.42 Å². The predicted molar refractivity (Wildman–Crippen MR) is 134 cm³/mol. The zero-order valence-electron chi connectivity index (χ0n) is 19.2. The van der Waals surface area contributed by atoms with Gasteiger partial charge in [-0.05, 0) is 48.7 Å². The van der Waals surface area contributed by atoms with Gasteiger partial charge in [0.05, 0.1) is 5.71 Å². The van der Waals surface area contributed by atoms with Gasteiger partial charge in [0.25, 0.3) is 11.8 Å². The van der Waals surface area contributed by atoms with Gasteiger partial charge in [-0.1, -0.05) is 54.6 Å². The first-order valence-corrected chi connectivity index (χ1v) is 11.3. The predicted octanol–water partition coefficient (Wildman–Crippen LogP) is 5.49. The monoisotopic (exact) mass is 451 g/mol. The molecule has 0 unspecified atom stereocenters. The van der Waals surface area contributed by atoms with Crippen LogP contribution in [0.3, 0.4) is 0 Å². The molecule has 0 radical (unpaired) electrons. The average Bonchev–Trinajstić information content (AvgIpc) is 3.23. The highest BCUT2D eigenvalue weighted by Crippen LogP contribution is 2.31. The van der Waals surface area contributed by atoms with Gasteiger partial charge < -0.3 is 9.32 Å². The molecule has 170 valence electrons. The third-order valence-corrected chi connectivity index (χ3v) is 6.29. The number of furan rings is 1. The Kier molecular flexibility index (Phi) is 5.72. The van der Waals surface area contributed by atoms with Crippen LogP contribution >= 0.6 is 0 Å². The highest BCUT2D eigenvalue weighted by atomic mass is 16.4. The fraction of sp³-hybridized carbons (Fsp3) is 0.179. The second kappa shape index (κ2) is 8.98. The first kappa shape index (κ1) is 21.6. The van der Waals surface area contributed by atoms with Crippen LogP contribution in [0.5, 0.6) is 0 Å². The van der Waals surface area contributed by atoms with Crippen molar-refractivity contribution in [1.82, 2.24) is 5.43 Å². The van der Waals surface area contributed by atoms with E-state index in [1.165, 1.54) is 0 Å².